The lowest BCUT2D eigenvalue weighted by molar-refractivity contribution is -0.129. The summed E-state index contributed by atoms with van der Waals surface area (Å²) in [6.45, 7) is 1.74. The predicted octanol–water partition coefficient (Wildman–Crippen LogP) is 3.06. The number of ketones is 1. The Kier molecular flexibility index (Phi) is 5.44. The van der Waals surface area contributed by atoms with Crippen molar-refractivity contribution >= 4 is 17.6 Å². The van der Waals surface area contributed by atoms with E-state index in [2.05, 4.69) is 5.32 Å². The third-order valence-corrected chi connectivity index (χ3v) is 4.90. The predicted molar refractivity (Wildman–Crippen MR) is 101 cm³/mol. The van der Waals surface area contributed by atoms with Gasteiger partial charge in [-0.15, -0.1) is 0 Å². The number of benzene rings is 1. The number of carbonyl (C=O) groups is 3. The van der Waals surface area contributed by atoms with E-state index < -0.39 is 11.9 Å². The molecule has 0 aliphatic heterocycles. The van der Waals surface area contributed by atoms with Gasteiger partial charge in [-0.2, -0.15) is 0 Å². The summed E-state index contributed by atoms with van der Waals surface area (Å²) in [7, 11) is 3.37. The first-order valence-corrected chi connectivity index (χ1v) is 9.10. The molecule has 6 heteroatoms. The quantitative estimate of drug-likeness (QED) is 0.880. The number of nitrogens with zero attached hydrogens (tertiary/aromatic N) is 1. The number of nitrogens with one attached hydrogen (secondary N) is 1. The largest absolute Gasteiger partial charge is 0.455 e. The highest BCUT2D eigenvalue weighted by molar-refractivity contribution is 6.03. The fraction of sp³-hybridized carbons (Fsp3) is 0.381. The lowest BCUT2D eigenvalue weighted by atomic mass is 9.94. The summed E-state index contributed by atoms with van der Waals surface area (Å²) in [5.74, 6) is 0.284. The monoisotopic (exact) mass is 368 g/mol. The van der Waals surface area contributed by atoms with Crippen LogP contribution in [0.1, 0.15) is 63.1 Å². The van der Waals surface area contributed by atoms with Crippen molar-refractivity contribution in [1.29, 1.82) is 0 Å². The molecule has 1 atom stereocenters. The van der Waals surface area contributed by atoms with Gasteiger partial charge < -0.3 is 14.6 Å². The van der Waals surface area contributed by atoms with Gasteiger partial charge in [-0.25, -0.2) is 0 Å². The minimum atomic E-state index is -0.481. The molecule has 6 nitrogen and oxygen atoms in total. The van der Waals surface area contributed by atoms with Crippen LogP contribution in [0.25, 0.3) is 0 Å². The first kappa shape index (κ1) is 18.9. The SMILES string of the molecule is Cc1c(C(=O)N[C@H](CC(=O)N(C)C)c2ccccc2)oc2c1C(=O)CCC2. The molecule has 2 amide bonds. The standard InChI is InChI=1S/C21H24N2O4/c1-13-19-16(24)10-7-11-17(19)27-20(13)21(26)22-15(12-18(25)23(2)3)14-8-5-4-6-9-14/h4-6,8-9,15H,7,10-12H2,1-3H3,(H,22,26)/t15-/m1/s1. The molecule has 2 aromatic rings. The van der Waals surface area contributed by atoms with E-state index in [9.17, 15) is 14.4 Å². The molecule has 0 spiro atoms. The van der Waals surface area contributed by atoms with Crippen LogP contribution >= 0.6 is 0 Å². The van der Waals surface area contributed by atoms with Crippen LogP contribution in [-0.2, 0) is 11.2 Å². The van der Waals surface area contributed by atoms with Crippen molar-refractivity contribution in [3.8, 4) is 0 Å². The molecule has 1 N–H and O–H groups in total. The molecule has 0 unspecified atom stereocenters. The highest BCUT2D eigenvalue weighted by Crippen LogP contribution is 2.30. The zero-order chi connectivity index (χ0) is 19.6. The first-order chi connectivity index (χ1) is 12.9. The van der Waals surface area contributed by atoms with E-state index in [4.69, 9.17) is 4.42 Å². The lowest BCUT2D eigenvalue weighted by Crippen LogP contribution is -2.33. The summed E-state index contributed by atoms with van der Waals surface area (Å²) in [5.41, 5.74) is 1.97. The number of hydrogen-bond donors (Lipinski definition) is 1. The normalized spacial score (nSPS) is 14.4. The number of amides is 2. The maximum atomic E-state index is 12.9. The average molecular weight is 368 g/mol. The van der Waals surface area contributed by atoms with Gasteiger partial charge in [0, 0.05) is 32.5 Å². The topological polar surface area (TPSA) is 79.6 Å². The molecule has 1 aromatic heterocycles. The van der Waals surface area contributed by atoms with Crippen molar-refractivity contribution in [2.75, 3.05) is 14.1 Å². The number of rotatable bonds is 5. The molecule has 0 bridgehead atoms. The summed E-state index contributed by atoms with van der Waals surface area (Å²) >= 11 is 0. The molecule has 142 valence electrons. The van der Waals surface area contributed by atoms with Gasteiger partial charge in [0.25, 0.3) is 5.91 Å². The van der Waals surface area contributed by atoms with Crippen LogP contribution in [0, 0.1) is 6.92 Å². The molecule has 0 fully saturated rings. The Balaban J connectivity index is 1.87. The lowest BCUT2D eigenvalue weighted by Gasteiger charge is -2.20. The Labute approximate surface area is 158 Å². The number of hydrogen-bond acceptors (Lipinski definition) is 4. The molecule has 0 saturated carbocycles. The molecule has 1 aliphatic rings. The molecule has 27 heavy (non-hydrogen) atoms. The summed E-state index contributed by atoms with van der Waals surface area (Å²) in [6, 6.07) is 8.88. The van der Waals surface area contributed by atoms with Crippen molar-refractivity contribution < 1.29 is 18.8 Å². The summed E-state index contributed by atoms with van der Waals surface area (Å²) in [5, 5.41) is 2.91. The van der Waals surface area contributed by atoms with E-state index in [1.807, 2.05) is 30.3 Å². The summed E-state index contributed by atoms with van der Waals surface area (Å²) in [6.07, 6.45) is 2.03. The maximum absolute atomic E-state index is 12.9. The van der Waals surface area contributed by atoms with Crippen molar-refractivity contribution in [3.63, 3.8) is 0 Å². The second-order valence-corrected chi connectivity index (χ2v) is 7.06. The minimum Gasteiger partial charge on any atom is -0.455 e. The Bertz CT molecular complexity index is 868. The number of fused-ring (bicyclic) bond motifs is 1. The second kappa shape index (κ2) is 7.78. The van der Waals surface area contributed by atoms with E-state index in [1.54, 1.807) is 21.0 Å². The second-order valence-electron chi connectivity index (χ2n) is 7.06. The molecule has 0 saturated heterocycles. The zero-order valence-corrected chi connectivity index (χ0v) is 15.9. The van der Waals surface area contributed by atoms with Crippen molar-refractivity contribution in [2.24, 2.45) is 0 Å². The highest BCUT2D eigenvalue weighted by Gasteiger charge is 2.30. The van der Waals surface area contributed by atoms with E-state index in [0.717, 1.165) is 12.0 Å². The van der Waals surface area contributed by atoms with Crippen molar-refractivity contribution in [2.45, 2.75) is 38.6 Å². The van der Waals surface area contributed by atoms with Crippen molar-refractivity contribution in [3.05, 3.63) is 58.5 Å². The van der Waals surface area contributed by atoms with E-state index >= 15 is 0 Å². The van der Waals surface area contributed by atoms with Gasteiger partial charge in [-0.1, -0.05) is 30.3 Å². The average Bonchev–Trinajstić information content (AvgIpc) is 2.99. The maximum Gasteiger partial charge on any atom is 0.287 e. The molecular formula is C21H24N2O4. The van der Waals surface area contributed by atoms with Crippen LogP contribution in [-0.4, -0.2) is 36.6 Å². The number of carbonyl (C=O) groups excluding carboxylic acids is 3. The first-order valence-electron chi connectivity index (χ1n) is 9.10. The molecule has 1 heterocycles. The zero-order valence-electron chi connectivity index (χ0n) is 15.9. The molecule has 1 aromatic carbocycles. The van der Waals surface area contributed by atoms with Gasteiger partial charge in [0.05, 0.1) is 18.0 Å². The van der Waals surface area contributed by atoms with E-state index in [-0.39, 0.29) is 23.9 Å². The minimum absolute atomic E-state index is 0.0268. The van der Waals surface area contributed by atoms with Crippen LogP contribution < -0.4 is 5.32 Å². The van der Waals surface area contributed by atoms with Gasteiger partial charge in [0.15, 0.2) is 11.5 Å². The number of Topliss-reactive ketones (excluding diaryl/α,β-unsaturated/α-hetero) is 1. The third kappa shape index (κ3) is 3.94. The highest BCUT2D eigenvalue weighted by atomic mass is 16.4. The van der Waals surface area contributed by atoms with E-state index in [0.29, 0.717) is 29.7 Å². The molecule has 0 radical (unpaired) electrons. The van der Waals surface area contributed by atoms with Gasteiger partial charge in [-0.3, -0.25) is 14.4 Å². The fourth-order valence-corrected chi connectivity index (χ4v) is 3.38. The summed E-state index contributed by atoms with van der Waals surface area (Å²) in [4.78, 5) is 38.8. The Morgan fingerprint density at radius 3 is 2.52 bits per heavy atom. The Morgan fingerprint density at radius 1 is 1.19 bits per heavy atom. The van der Waals surface area contributed by atoms with E-state index in [1.165, 1.54) is 4.90 Å². The molecule has 3 rings (SSSR count). The Hall–Kier alpha value is -2.89. The number of aryl methyl sites for hydroxylation is 1. The molecule has 1 aliphatic carbocycles. The van der Waals surface area contributed by atoms with Crippen LogP contribution in [0.2, 0.25) is 0 Å². The number of furan rings is 1. The molecular weight excluding hydrogens is 344 g/mol. The summed E-state index contributed by atoms with van der Waals surface area (Å²) < 4.78 is 5.73. The van der Waals surface area contributed by atoms with Gasteiger partial charge in [0.2, 0.25) is 5.91 Å². The van der Waals surface area contributed by atoms with Gasteiger partial charge >= 0.3 is 0 Å². The third-order valence-electron chi connectivity index (χ3n) is 4.90. The fourth-order valence-electron chi connectivity index (χ4n) is 3.38. The Morgan fingerprint density at radius 2 is 1.89 bits per heavy atom. The van der Waals surface area contributed by atoms with Crippen LogP contribution in [0.5, 0.6) is 0 Å². The van der Waals surface area contributed by atoms with Crippen LogP contribution in [0.4, 0.5) is 0 Å². The van der Waals surface area contributed by atoms with Crippen LogP contribution in [0.3, 0.4) is 0 Å². The van der Waals surface area contributed by atoms with Crippen LogP contribution in [0.15, 0.2) is 34.7 Å². The smallest absolute Gasteiger partial charge is 0.287 e. The van der Waals surface area contributed by atoms with Gasteiger partial charge in [-0.05, 0) is 18.9 Å². The van der Waals surface area contributed by atoms with Gasteiger partial charge in [0.1, 0.15) is 5.76 Å². The van der Waals surface area contributed by atoms with Crippen molar-refractivity contribution in [1.82, 2.24) is 10.2 Å².